The summed E-state index contributed by atoms with van der Waals surface area (Å²) < 4.78 is 38.5. The van der Waals surface area contributed by atoms with E-state index in [1.54, 1.807) is 7.05 Å². The fourth-order valence-electron chi connectivity index (χ4n) is 3.18. The zero-order valence-electron chi connectivity index (χ0n) is 14.5. The minimum absolute atomic E-state index is 0.168. The number of halogens is 3. The molecule has 7 heteroatoms. The Bertz CT molecular complexity index is 790. The van der Waals surface area contributed by atoms with Gasteiger partial charge in [0, 0.05) is 25.0 Å². The maximum absolute atomic E-state index is 12.8. The predicted molar refractivity (Wildman–Crippen MR) is 91.9 cm³/mol. The van der Waals surface area contributed by atoms with Crippen LogP contribution in [0, 0.1) is 5.92 Å². The molecule has 0 N–H and O–H groups in total. The molecular formula is C19H19F3N2O2. The van der Waals surface area contributed by atoms with E-state index in [1.165, 1.54) is 24.3 Å². The van der Waals surface area contributed by atoms with E-state index in [4.69, 9.17) is 4.84 Å². The second kappa shape index (κ2) is 6.99. The Morgan fingerprint density at radius 3 is 2.42 bits per heavy atom. The van der Waals surface area contributed by atoms with Gasteiger partial charge in [-0.05, 0) is 42.3 Å². The van der Waals surface area contributed by atoms with E-state index in [0.29, 0.717) is 18.7 Å². The Morgan fingerprint density at radius 1 is 1.15 bits per heavy atom. The van der Waals surface area contributed by atoms with E-state index in [-0.39, 0.29) is 11.8 Å². The number of hydrogen-bond acceptors (Lipinski definition) is 3. The summed E-state index contributed by atoms with van der Waals surface area (Å²) in [6.07, 6.45) is -3.82. The van der Waals surface area contributed by atoms with Crippen LogP contribution in [0.1, 0.15) is 11.1 Å². The molecule has 0 aliphatic carbocycles. The highest BCUT2D eigenvalue weighted by Crippen LogP contribution is 2.37. The molecule has 1 atom stereocenters. The number of hydroxylamine groups is 2. The number of anilines is 2. The summed E-state index contributed by atoms with van der Waals surface area (Å²) in [6.45, 7) is 0.370. The van der Waals surface area contributed by atoms with Crippen molar-refractivity contribution < 1.29 is 22.8 Å². The van der Waals surface area contributed by atoms with Gasteiger partial charge in [-0.25, -0.2) is 5.06 Å². The summed E-state index contributed by atoms with van der Waals surface area (Å²) in [7, 11) is 2.97. The minimum atomic E-state index is -4.38. The number of hydrogen-bond donors (Lipinski definition) is 0. The molecule has 26 heavy (non-hydrogen) atoms. The van der Waals surface area contributed by atoms with Crippen molar-refractivity contribution in [1.82, 2.24) is 5.06 Å². The highest BCUT2D eigenvalue weighted by molar-refractivity contribution is 5.81. The van der Waals surface area contributed by atoms with Gasteiger partial charge in [-0.3, -0.25) is 9.63 Å². The number of fused-ring (bicyclic) bond motifs is 1. The maximum Gasteiger partial charge on any atom is 0.416 e. The number of amides is 1. The molecule has 0 saturated carbocycles. The summed E-state index contributed by atoms with van der Waals surface area (Å²) in [4.78, 5) is 19.4. The van der Waals surface area contributed by atoms with E-state index >= 15 is 0 Å². The first-order chi connectivity index (χ1) is 12.3. The molecule has 1 unspecified atom stereocenters. The third kappa shape index (κ3) is 3.53. The summed E-state index contributed by atoms with van der Waals surface area (Å²) in [6, 6.07) is 12.6. The van der Waals surface area contributed by atoms with E-state index in [2.05, 4.69) is 0 Å². The van der Waals surface area contributed by atoms with Crippen molar-refractivity contribution in [2.75, 3.05) is 25.6 Å². The third-order valence-electron chi connectivity index (χ3n) is 4.59. The monoisotopic (exact) mass is 364 g/mol. The van der Waals surface area contributed by atoms with Crippen molar-refractivity contribution in [3.63, 3.8) is 0 Å². The van der Waals surface area contributed by atoms with Gasteiger partial charge in [-0.2, -0.15) is 13.2 Å². The van der Waals surface area contributed by atoms with Gasteiger partial charge in [0.2, 0.25) is 0 Å². The van der Waals surface area contributed by atoms with Gasteiger partial charge in [0.05, 0.1) is 18.6 Å². The molecule has 3 rings (SSSR count). The lowest BCUT2D eigenvalue weighted by Gasteiger charge is -2.36. The van der Waals surface area contributed by atoms with Crippen LogP contribution in [-0.2, 0) is 22.2 Å². The SMILES string of the molecule is CON(C)C(=O)C1Cc2ccccc2N(c2ccc(C(F)(F)F)cc2)C1. The van der Waals surface area contributed by atoms with Crippen molar-refractivity contribution >= 4 is 17.3 Å². The van der Waals surface area contributed by atoms with Crippen LogP contribution in [-0.4, -0.2) is 31.7 Å². The molecule has 2 aromatic rings. The van der Waals surface area contributed by atoms with E-state index in [0.717, 1.165) is 23.4 Å². The van der Waals surface area contributed by atoms with Crippen molar-refractivity contribution in [3.05, 3.63) is 59.7 Å². The van der Waals surface area contributed by atoms with Gasteiger partial charge < -0.3 is 4.90 Å². The zero-order chi connectivity index (χ0) is 18.9. The lowest BCUT2D eigenvalue weighted by Crippen LogP contribution is -2.42. The van der Waals surface area contributed by atoms with Crippen LogP contribution < -0.4 is 4.90 Å². The van der Waals surface area contributed by atoms with Gasteiger partial charge in [0.1, 0.15) is 0 Å². The fraction of sp³-hybridized carbons (Fsp3) is 0.316. The molecule has 0 bridgehead atoms. The van der Waals surface area contributed by atoms with Crippen LogP contribution in [0.25, 0.3) is 0 Å². The molecule has 0 fully saturated rings. The van der Waals surface area contributed by atoms with Crippen molar-refractivity contribution in [1.29, 1.82) is 0 Å². The molecule has 4 nitrogen and oxygen atoms in total. The van der Waals surface area contributed by atoms with Crippen LogP contribution in [0.15, 0.2) is 48.5 Å². The third-order valence-corrected chi connectivity index (χ3v) is 4.59. The Kier molecular flexibility index (Phi) is 4.91. The Labute approximate surface area is 149 Å². The van der Waals surface area contributed by atoms with Crippen LogP contribution in [0.5, 0.6) is 0 Å². The first-order valence-corrected chi connectivity index (χ1v) is 8.15. The van der Waals surface area contributed by atoms with E-state index in [1.807, 2.05) is 29.2 Å². The van der Waals surface area contributed by atoms with Crippen molar-refractivity contribution in [2.45, 2.75) is 12.6 Å². The molecule has 138 valence electrons. The molecular weight excluding hydrogens is 345 g/mol. The van der Waals surface area contributed by atoms with Gasteiger partial charge >= 0.3 is 6.18 Å². The second-order valence-corrected chi connectivity index (χ2v) is 6.20. The molecule has 0 aromatic heterocycles. The van der Waals surface area contributed by atoms with Crippen LogP contribution >= 0.6 is 0 Å². The molecule has 1 amide bonds. The number of alkyl halides is 3. The largest absolute Gasteiger partial charge is 0.416 e. The van der Waals surface area contributed by atoms with Crippen molar-refractivity contribution in [3.8, 4) is 0 Å². The predicted octanol–water partition coefficient (Wildman–Crippen LogP) is 4.04. The van der Waals surface area contributed by atoms with Gasteiger partial charge in [-0.1, -0.05) is 18.2 Å². The number of benzene rings is 2. The molecule has 1 aliphatic rings. The first-order valence-electron chi connectivity index (χ1n) is 8.15. The summed E-state index contributed by atoms with van der Waals surface area (Å²) in [5.41, 5.74) is 1.79. The second-order valence-electron chi connectivity index (χ2n) is 6.20. The minimum Gasteiger partial charge on any atom is -0.340 e. The number of carbonyl (C=O) groups is 1. The normalized spacial score (nSPS) is 17.0. The molecule has 1 heterocycles. The Hall–Kier alpha value is -2.54. The lowest BCUT2D eigenvalue weighted by atomic mass is 9.91. The molecule has 2 aromatic carbocycles. The van der Waals surface area contributed by atoms with Crippen LogP contribution in [0.3, 0.4) is 0 Å². The number of rotatable bonds is 3. The standard InChI is InChI=1S/C19H19F3N2O2/c1-23(26-2)18(25)14-11-13-5-3-4-6-17(13)24(12-14)16-9-7-15(8-10-16)19(20,21)22/h3-10,14H,11-12H2,1-2H3. The highest BCUT2D eigenvalue weighted by Gasteiger charge is 2.33. The summed E-state index contributed by atoms with van der Waals surface area (Å²) in [5, 5.41) is 1.18. The maximum atomic E-state index is 12.8. The fourth-order valence-corrected chi connectivity index (χ4v) is 3.18. The zero-order valence-corrected chi connectivity index (χ0v) is 14.5. The van der Waals surface area contributed by atoms with Gasteiger partial charge in [-0.15, -0.1) is 0 Å². The quantitative estimate of drug-likeness (QED) is 0.771. The molecule has 1 aliphatic heterocycles. The molecule has 0 saturated heterocycles. The van der Waals surface area contributed by atoms with Gasteiger partial charge in [0.25, 0.3) is 5.91 Å². The van der Waals surface area contributed by atoms with Gasteiger partial charge in [0.15, 0.2) is 0 Å². The Balaban J connectivity index is 1.95. The first kappa shape index (κ1) is 18.3. The smallest absolute Gasteiger partial charge is 0.340 e. The highest BCUT2D eigenvalue weighted by atomic mass is 19.4. The summed E-state index contributed by atoms with van der Waals surface area (Å²) >= 11 is 0. The number of para-hydroxylation sites is 1. The lowest BCUT2D eigenvalue weighted by molar-refractivity contribution is -0.173. The number of nitrogens with zero attached hydrogens (tertiary/aromatic N) is 2. The van der Waals surface area contributed by atoms with E-state index < -0.39 is 11.7 Å². The average molecular weight is 364 g/mol. The Morgan fingerprint density at radius 2 is 1.81 bits per heavy atom. The molecule has 0 radical (unpaired) electrons. The van der Waals surface area contributed by atoms with Crippen molar-refractivity contribution in [2.24, 2.45) is 5.92 Å². The summed E-state index contributed by atoms with van der Waals surface area (Å²) in [5.74, 6) is -0.518. The topological polar surface area (TPSA) is 32.8 Å². The van der Waals surface area contributed by atoms with Crippen LogP contribution in [0.4, 0.5) is 24.5 Å². The van der Waals surface area contributed by atoms with E-state index in [9.17, 15) is 18.0 Å². The number of carbonyl (C=O) groups excluding carboxylic acids is 1. The van der Waals surface area contributed by atoms with Crippen LogP contribution in [0.2, 0.25) is 0 Å². The molecule has 0 spiro atoms. The average Bonchev–Trinajstić information content (AvgIpc) is 2.65.